The molecule has 0 aromatic heterocycles. The molecule has 1 heterocycles. The van der Waals surface area contributed by atoms with Crippen LogP contribution in [-0.2, 0) is 28.7 Å². The summed E-state index contributed by atoms with van der Waals surface area (Å²) in [6, 6.07) is 0. The van der Waals surface area contributed by atoms with Crippen LogP contribution in [0.3, 0.4) is 0 Å². The van der Waals surface area contributed by atoms with Crippen LogP contribution in [0, 0.1) is 34.0 Å². The maximum Gasteiger partial charge on any atom is 0.321 e. The molecule has 0 unspecified atom stereocenters. The van der Waals surface area contributed by atoms with Gasteiger partial charge in [0.1, 0.15) is 16.8 Å². The molecule has 3 saturated carbocycles. The second kappa shape index (κ2) is 4.91. The maximum absolute atomic E-state index is 13.0. The lowest BCUT2D eigenvalue weighted by Gasteiger charge is -2.45. The third kappa shape index (κ3) is 1.62. The minimum atomic E-state index is -1.40. The van der Waals surface area contributed by atoms with Gasteiger partial charge in [-0.05, 0) is 43.8 Å². The van der Waals surface area contributed by atoms with Crippen molar-refractivity contribution in [2.45, 2.75) is 38.2 Å². The van der Waals surface area contributed by atoms with E-state index in [1.165, 1.54) is 13.2 Å². The molecule has 0 aromatic carbocycles. The first-order valence-corrected chi connectivity index (χ1v) is 10.5. The summed E-state index contributed by atoms with van der Waals surface area (Å²) in [6.45, 7) is 1.59. The lowest BCUT2D eigenvalue weighted by molar-refractivity contribution is -0.161. The molecule has 5 rings (SSSR count). The number of hydrogen-bond acceptors (Lipinski definition) is 6. The first-order valence-electron chi connectivity index (χ1n) is 9.36. The second-order valence-electron chi connectivity index (χ2n) is 9.14. The number of halogens is 1. The number of hydrogen-bond donors (Lipinski definition) is 0. The quantitative estimate of drug-likeness (QED) is 0.373. The monoisotopic (exact) mass is 436 g/mol. The van der Waals surface area contributed by atoms with Crippen molar-refractivity contribution in [3.8, 4) is 0 Å². The van der Waals surface area contributed by atoms with Gasteiger partial charge in [-0.3, -0.25) is 19.2 Å². The van der Waals surface area contributed by atoms with Crippen molar-refractivity contribution in [1.29, 1.82) is 0 Å². The summed E-state index contributed by atoms with van der Waals surface area (Å²) >= 11 is 3.52. The highest BCUT2D eigenvalue weighted by molar-refractivity contribution is 9.09. The molecule has 4 aliphatic carbocycles. The van der Waals surface area contributed by atoms with E-state index in [1.807, 2.05) is 0 Å². The van der Waals surface area contributed by atoms with E-state index in [1.54, 1.807) is 13.0 Å². The van der Waals surface area contributed by atoms with Gasteiger partial charge >= 0.3 is 11.9 Å². The Labute approximate surface area is 165 Å². The van der Waals surface area contributed by atoms with E-state index in [2.05, 4.69) is 15.9 Å². The van der Waals surface area contributed by atoms with Crippen LogP contribution >= 0.6 is 15.9 Å². The molecule has 0 radical (unpaired) electrons. The highest BCUT2D eigenvalue weighted by atomic mass is 79.9. The van der Waals surface area contributed by atoms with Crippen molar-refractivity contribution in [2.24, 2.45) is 34.0 Å². The Hall–Kier alpha value is -1.50. The van der Waals surface area contributed by atoms with E-state index in [9.17, 15) is 19.2 Å². The van der Waals surface area contributed by atoms with Crippen LogP contribution in [0.4, 0.5) is 0 Å². The molecular weight excluding hydrogens is 416 g/mol. The molecule has 1 aliphatic heterocycles. The summed E-state index contributed by atoms with van der Waals surface area (Å²) in [5.41, 5.74) is -3.51. The van der Waals surface area contributed by atoms with Gasteiger partial charge in [-0.1, -0.05) is 15.9 Å². The fraction of sp³-hybridized carbons (Fsp3) is 0.700. The van der Waals surface area contributed by atoms with Gasteiger partial charge in [-0.25, -0.2) is 0 Å². The number of ether oxygens (including phenoxy) is 2. The zero-order chi connectivity index (χ0) is 19.4. The van der Waals surface area contributed by atoms with Gasteiger partial charge in [0.25, 0.3) is 0 Å². The lowest BCUT2D eigenvalue weighted by atomic mass is 9.60. The zero-order valence-electron chi connectivity index (χ0n) is 15.2. The molecule has 144 valence electrons. The highest BCUT2D eigenvalue weighted by Crippen LogP contribution is 2.77. The van der Waals surface area contributed by atoms with Crippen molar-refractivity contribution in [3.63, 3.8) is 0 Å². The molecule has 7 heteroatoms. The molecule has 5 aliphatic rings. The number of esters is 2. The number of carbonyl (C=O) groups is 4. The molecule has 1 saturated heterocycles. The zero-order valence-corrected chi connectivity index (χ0v) is 16.8. The summed E-state index contributed by atoms with van der Waals surface area (Å²) in [4.78, 5) is 51.6. The lowest BCUT2D eigenvalue weighted by Crippen LogP contribution is -2.49. The molecule has 0 amide bonds. The normalized spacial score (nSPS) is 51.8. The number of allylic oxidation sites excluding steroid dienone is 1. The van der Waals surface area contributed by atoms with Crippen molar-refractivity contribution in [3.05, 3.63) is 12.2 Å². The number of ketones is 2. The molecule has 4 fully saturated rings. The Bertz CT molecular complexity index is 849. The van der Waals surface area contributed by atoms with Gasteiger partial charge < -0.3 is 9.47 Å². The average molecular weight is 437 g/mol. The van der Waals surface area contributed by atoms with E-state index in [-0.39, 0.29) is 23.9 Å². The smallest absolute Gasteiger partial charge is 0.321 e. The van der Waals surface area contributed by atoms with Gasteiger partial charge in [-0.2, -0.15) is 0 Å². The topological polar surface area (TPSA) is 86.7 Å². The van der Waals surface area contributed by atoms with Crippen molar-refractivity contribution in [2.75, 3.05) is 12.4 Å². The SMILES string of the molecule is COC(=O)[C@H]1[C@@H]2[C@@]3(C)C(=O)C=C[C@@]2(OC3=O)[C@@H]2CC[C@@]3(CBr)C[C@]21CC3=O. The first kappa shape index (κ1) is 17.6. The van der Waals surface area contributed by atoms with Gasteiger partial charge in [-0.15, -0.1) is 0 Å². The van der Waals surface area contributed by atoms with Crippen LogP contribution in [0.5, 0.6) is 0 Å². The number of Topliss-reactive ketones (excluding diaryl/α,β-unsaturated/α-hetero) is 1. The van der Waals surface area contributed by atoms with Crippen LogP contribution < -0.4 is 0 Å². The predicted octanol–water partition coefficient (Wildman–Crippen LogP) is 1.99. The molecule has 27 heavy (non-hydrogen) atoms. The standard InChI is InChI=1S/C20H21BrO6/c1-17-11(22)4-6-20(27-16(17)25)10-3-5-18(9-21)8-19(10,7-12(18)23)13(14(17)20)15(24)26-2/h4,6,10,13-14H,3,5,7-9H2,1-2H3/t10-,13-,14-,17-,18+,19-,20-/m1/s1. The largest absolute Gasteiger partial charge is 0.469 e. The number of rotatable bonds is 2. The molecule has 7 atom stereocenters. The van der Waals surface area contributed by atoms with Crippen LogP contribution in [0.15, 0.2) is 12.2 Å². The number of fused-ring (bicyclic) bond motifs is 1. The summed E-state index contributed by atoms with van der Waals surface area (Å²) < 4.78 is 11.1. The molecule has 0 aromatic rings. The fourth-order valence-corrected chi connectivity index (χ4v) is 8.06. The van der Waals surface area contributed by atoms with Gasteiger partial charge in [0.05, 0.1) is 13.0 Å². The number of methoxy groups -OCH3 is 1. The van der Waals surface area contributed by atoms with E-state index in [4.69, 9.17) is 9.47 Å². The Morgan fingerprint density at radius 3 is 2.78 bits per heavy atom. The van der Waals surface area contributed by atoms with Crippen LogP contribution in [0.1, 0.15) is 32.6 Å². The summed E-state index contributed by atoms with van der Waals surface area (Å²) in [5.74, 6) is -2.66. The predicted molar refractivity (Wildman–Crippen MR) is 95.7 cm³/mol. The summed E-state index contributed by atoms with van der Waals surface area (Å²) in [7, 11) is 1.32. The number of alkyl halides is 1. The first-order chi connectivity index (χ1) is 12.7. The molecular formula is C20H21BrO6. The van der Waals surface area contributed by atoms with Crippen molar-refractivity contribution in [1.82, 2.24) is 0 Å². The Balaban J connectivity index is 1.77. The Morgan fingerprint density at radius 1 is 1.37 bits per heavy atom. The van der Waals surface area contributed by atoms with Gasteiger partial charge in [0.15, 0.2) is 5.78 Å². The van der Waals surface area contributed by atoms with E-state index < -0.39 is 45.6 Å². The molecule has 0 N–H and O–H groups in total. The average Bonchev–Trinajstić information content (AvgIpc) is 3.09. The molecule has 1 spiro atoms. The van der Waals surface area contributed by atoms with Crippen LogP contribution in [0.2, 0.25) is 0 Å². The third-order valence-corrected chi connectivity index (χ3v) is 9.44. The maximum atomic E-state index is 13.0. The minimum absolute atomic E-state index is 0.159. The molecule has 6 nitrogen and oxygen atoms in total. The Morgan fingerprint density at radius 2 is 2.11 bits per heavy atom. The van der Waals surface area contributed by atoms with Gasteiger partial charge in [0.2, 0.25) is 0 Å². The van der Waals surface area contributed by atoms with E-state index >= 15 is 0 Å². The van der Waals surface area contributed by atoms with Crippen LogP contribution in [-0.4, -0.2) is 41.5 Å². The highest BCUT2D eigenvalue weighted by Gasteiger charge is 2.84. The second-order valence-corrected chi connectivity index (χ2v) is 9.70. The summed E-state index contributed by atoms with van der Waals surface area (Å²) in [5, 5.41) is 0.560. The van der Waals surface area contributed by atoms with Gasteiger partial charge in [0, 0.05) is 29.0 Å². The minimum Gasteiger partial charge on any atom is -0.469 e. The van der Waals surface area contributed by atoms with E-state index in [0.717, 1.165) is 0 Å². The van der Waals surface area contributed by atoms with Crippen molar-refractivity contribution < 1.29 is 28.7 Å². The van der Waals surface area contributed by atoms with E-state index in [0.29, 0.717) is 24.6 Å². The summed E-state index contributed by atoms with van der Waals surface area (Å²) in [6.07, 6.45) is 5.37. The van der Waals surface area contributed by atoms with Crippen LogP contribution in [0.25, 0.3) is 0 Å². The third-order valence-electron chi connectivity index (χ3n) is 8.37. The molecule has 4 bridgehead atoms. The number of carbonyl (C=O) groups excluding carboxylic acids is 4. The van der Waals surface area contributed by atoms with Crippen molar-refractivity contribution >= 4 is 39.4 Å². The Kier molecular flexibility index (Phi) is 3.20. The fourth-order valence-electron chi connectivity index (χ4n) is 7.27.